The summed E-state index contributed by atoms with van der Waals surface area (Å²) < 4.78 is 5.41. The second-order valence-electron chi connectivity index (χ2n) is 6.36. The van der Waals surface area contributed by atoms with Crippen molar-refractivity contribution in [1.29, 1.82) is 0 Å². The van der Waals surface area contributed by atoms with Gasteiger partial charge in [-0.25, -0.2) is 4.98 Å². The standard InChI is InChI=1S/C20H18ClN3O2S/c21-16-6-3-14(4-7-16)18-11-17(26-23-18)13-27-19-8-5-15(12-22-19)20(25)24-9-1-2-10-24/h3-8,11-12H,1-2,9-10,13H2. The second-order valence-corrected chi connectivity index (χ2v) is 7.79. The van der Waals surface area contributed by atoms with Crippen LogP contribution < -0.4 is 0 Å². The predicted octanol–water partition coefficient (Wildman–Crippen LogP) is 4.92. The molecule has 7 heteroatoms. The summed E-state index contributed by atoms with van der Waals surface area (Å²) in [6, 6.07) is 13.1. The molecule has 0 spiro atoms. The minimum Gasteiger partial charge on any atom is -0.360 e. The van der Waals surface area contributed by atoms with E-state index in [-0.39, 0.29) is 5.91 Å². The zero-order valence-corrected chi connectivity index (χ0v) is 16.2. The molecule has 0 atom stereocenters. The van der Waals surface area contributed by atoms with Crippen molar-refractivity contribution in [2.75, 3.05) is 13.1 Å². The molecular formula is C20H18ClN3O2S. The average Bonchev–Trinajstić information content (AvgIpc) is 3.39. The van der Waals surface area contributed by atoms with Crippen LogP contribution in [0.15, 0.2) is 58.2 Å². The number of nitrogens with zero attached hydrogens (tertiary/aromatic N) is 3. The van der Waals surface area contributed by atoms with Gasteiger partial charge in [0.05, 0.1) is 16.3 Å². The molecule has 27 heavy (non-hydrogen) atoms. The van der Waals surface area contributed by atoms with Crippen LogP contribution in [0.3, 0.4) is 0 Å². The first-order valence-corrected chi connectivity index (χ1v) is 10.1. The lowest BCUT2D eigenvalue weighted by Gasteiger charge is -2.14. The molecule has 0 bridgehead atoms. The van der Waals surface area contributed by atoms with Crippen LogP contribution in [-0.2, 0) is 5.75 Å². The van der Waals surface area contributed by atoms with Gasteiger partial charge in [-0.15, -0.1) is 0 Å². The summed E-state index contributed by atoms with van der Waals surface area (Å²) in [5, 5.41) is 5.64. The fourth-order valence-electron chi connectivity index (χ4n) is 2.98. The largest absolute Gasteiger partial charge is 0.360 e. The van der Waals surface area contributed by atoms with Crippen LogP contribution in [0.1, 0.15) is 29.0 Å². The van der Waals surface area contributed by atoms with E-state index in [1.165, 1.54) is 0 Å². The molecule has 3 aromatic rings. The highest BCUT2D eigenvalue weighted by Gasteiger charge is 2.19. The van der Waals surface area contributed by atoms with E-state index < -0.39 is 0 Å². The Labute approximate surface area is 166 Å². The summed E-state index contributed by atoms with van der Waals surface area (Å²) in [7, 11) is 0. The maximum absolute atomic E-state index is 12.3. The molecule has 0 N–H and O–H groups in total. The molecule has 4 rings (SSSR count). The first-order valence-electron chi connectivity index (χ1n) is 8.79. The molecule has 1 aliphatic rings. The number of pyridine rings is 1. The van der Waals surface area contributed by atoms with Crippen molar-refractivity contribution in [3.8, 4) is 11.3 Å². The van der Waals surface area contributed by atoms with E-state index in [9.17, 15) is 4.79 Å². The Morgan fingerprint density at radius 2 is 1.93 bits per heavy atom. The maximum Gasteiger partial charge on any atom is 0.255 e. The quantitative estimate of drug-likeness (QED) is 0.570. The lowest BCUT2D eigenvalue weighted by Crippen LogP contribution is -2.27. The van der Waals surface area contributed by atoms with Gasteiger partial charge in [0.2, 0.25) is 0 Å². The zero-order valence-electron chi connectivity index (χ0n) is 14.6. The average molecular weight is 400 g/mol. The third-order valence-electron chi connectivity index (χ3n) is 4.44. The molecule has 3 heterocycles. The van der Waals surface area contributed by atoms with E-state index in [2.05, 4.69) is 10.1 Å². The lowest BCUT2D eigenvalue weighted by molar-refractivity contribution is 0.0792. The fraction of sp³-hybridized carbons (Fsp3) is 0.250. The predicted molar refractivity (Wildman–Crippen MR) is 106 cm³/mol. The molecule has 0 saturated carbocycles. The highest BCUT2D eigenvalue weighted by molar-refractivity contribution is 7.98. The summed E-state index contributed by atoms with van der Waals surface area (Å²) in [4.78, 5) is 18.6. The molecule has 0 radical (unpaired) electrons. The van der Waals surface area contributed by atoms with Gasteiger partial charge in [0.15, 0.2) is 0 Å². The summed E-state index contributed by atoms with van der Waals surface area (Å²) in [6.45, 7) is 1.69. The first kappa shape index (κ1) is 18.1. The van der Waals surface area contributed by atoms with Crippen molar-refractivity contribution >= 4 is 29.3 Å². The Bertz CT molecular complexity index is 919. The van der Waals surface area contributed by atoms with Crippen molar-refractivity contribution < 1.29 is 9.32 Å². The van der Waals surface area contributed by atoms with E-state index >= 15 is 0 Å². The maximum atomic E-state index is 12.3. The van der Waals surface area contributed by atoms with E-state index in [4.69, 9.17) is 16.1 Å². The molecule has 1 fully saturated rings. The van der Waals surface area contributed by atoms with Gasteiger partial charge in [-0.2, -0.15) is 0 Å². The molecule has 2 aromatic heterocycles. The molecule has 5 nitrogen and oxygen atoms in total. The van der Waals surface area contributed by atoms with Crippen molar-refractivity contribution in [2.24, 2.45) is 0 Å². The molecule has 0 unspecified atom stereocenters. The van der Waals surface area contributed by atoms with Crippen LogP contribution in [0.4, 0.5) is 0 Å². The van der Waals surface area contributed by atoms with Crippen LogP contribution >= 0.6 is 23.4 Å². The van der Waals surface area contributed by atoms with Gasteiger partial charge in [-0.05, 0) is 37.1 Å². The van der Waals surface area contributed by atoms with Crippen molar-refractivity contribution in [2.45, 2.75) is 23.6 Å². The summed E-state index contributed by atoms with van der Waals surface area (Å²) in [6.07, 6.45) is 3.83. The number of hydrogen-bond acceptors (Lipinski definition) is 5. The van der Waals surface area contributed by atoms with E-state index in [0.29, 0.717) is 16.3 Å². The minimum absolute atomic E-state index is 0.0689. The Balaban J connectivity index is 1.36. The highest BCUT2D eigenvalue weighted by atomic mass is 35.5. The number of aromatic nitrogens is 2. The fourth-order valence-corrected chi connectivity index (χ4v) is 3.82. The third-order valence-corrected chi connectivity index (χ3v) is 5.66. The monoisotopic (exact) mass is 399 g/mol. The molecular weight excluding hydrogens is 382 g/mol. The van der Waals surface area contributed by atoms with Crippen molar-refractivity contribution in [3.63, 3.8) is 0 Å². The number of benzene rings is 1. The van der Waals surface area contributed by atoms with Crippen molar-refractivity contribution in [1.82, 2.24) is 15.0 Å². The number of carbonyl (C=O) groups is 1. The number of carbonyl (C=O) groups excluding carboxylic acids is 1. The second kappa shape index (κ2) is 8.15. The Kier molecular flexibility index (Phi) is 5.45. The number of amides is 1. The van der Waals surface area contributed by atoms with Crippen LogP contribution in [0.25, 0.3) is 11.3 Å². The Morgan fingerprint density at radius 1 is 1.15 bits per heavy atom. The molecule has 1 amide bonds. The van der Waals surface area contributed by atoms with Crippen LogP contribution in [0, 0.1) is 0 Å². The smallest absolute Gasteiger partial charge is 0.255 e. The normalized spacial score (nSPS) is 13.9. The number of hydrogen-bond donors (Lipinski definition) is 0. The molecule has 138 valence electrons. The van der Waals surface area contributed by atoms with Crippen molar-refractivity contribution in [3.05, 3.63) is 65.0 Å². The number of rotatable bonds is 5. The summed E-state index contributed by atoms with van der Waals surface area (Å²) in [5.74, 6) is 1.45. The Hall–Kier alpha value is -2.31. The molecule has 1 saturated heterocycles. The minimum atomic E-state index is 0.0689. The van der Waals surface area contributed by atoms with Gasteiger partial charge in [-0.1, -0.05) is 40.7 Å². The van der Waals surface area contributed by atoms with E-state index in [1.807, 2.05) is 47.4 Å². The van der Waals surface area contributed by atoms with E-state index in [0.717, 1.165) is 48.0 Å². The third kappa shape index (κ3) is 4.34. The highest BCUT2D eigenvalue weighted by Crippen LogP contribution is 2.26. The molecule has 1 aromatic carbocycles. The van der Waals surface area contributed by atoms with E-state index in [1.54, 1.807) is 18.0 Å². The number of likely N-dealkylation sites (tertiary alicyclic amines) is 1. The van der Waals surface area contributed by atoms with Gasteiger partial charge < -0.3 is 9.42 Å². The Morgan fingerprint density at radius 3 is 2.63 bits per heavy atom. The van der Waals surface area contributed by atoms with Gasteiger partial charge in [0.25, 0.3) is 5.91 Å². The summed E-state index contributed by atoms with van der Waals surface area (Å²) >= 11 is 7.46. The van der Waals surface area contributed by atoms with Crippen LogP contribution in [0.2, 0.25) is 5.02 Å². The van der Waals surface area contributed by atoms with Gasteiger partial charge >= 0.3 is 0 Å². The van der Waals surface area contributed by atoms with Gasteiger partial charge in [0.1, 0.15) is 11.5 Å². The topological polar surface area (TPSA) is 59.2 Å². The number of thioether (sulfide) groups is 1. The van der Waals surface area contributed by atoms with Crippen LogP contribution in [-0.4, -0.2) is 34.0 Å². The van der Waals surface area contributed by atoms with Crippen LogP contribution in [0.5, 0.6) is 0 Å². The molecule has 0 aliphatic carbocycles. The number of halogens is 1. The SMILES string of the molecule is O=C(c1ccc(SCc2cc(-c3ccc(Cl)cc3)no2)nc1)N1CCCC1. The van der Waals surface area contributed by atoms with Gasteiger partial charge in [0, 0.05) is 35.9 Å². The summed E-state index contributed by atoms with van der Waals surface area (Å²) in [5.41, 5.74) is 2.38. The lowest BCUT2D eigenvalue weighted by atomic mass is 10.1. The van der Waals surface area contributed by atoms with Gasteiger partial charge in [-0.3, -0.25) is 4.79 Å². The zero-order chi connectivity index (χ0) is 18.6. The first-order chi connectivity index (χ1) is 13.2. The molecule has 1 aliphatic heterocycles.